The van der Waals surface area contributed by atoms with E-state index >= 15 is 0 Å². The number of esters is 1. The summed E-state index contributed by atoms with van der Waals surface area (Å²) >= 11 is 0. The van der Waals surface area contributed by atoms with Crippen molar-refractivity contribution in [2.24, 2.45) is 0 Å². The van der Waals surface area contributed by atoms with Gasteiger partial charge in [-0.1, -0.05) is 72.8 Å². The van der Waals surface area contributed by atoms with E-state index in [1.807, 2.05) is 48.7 Å². The Hall–Kier alpha value is -3.50. The van der Waals surface area contributed by atoms with E-state index in [0.29, 0.717) is 18.4 Å². The van der Waals surface area contributed by atoms with Crippen LogP contribution in [0, 0.1) is 0 Å². The zero-order chi connectivity index (χ0) is 21.8. The summed E-state index contributed by atoms with van der Waals surface area (Å²) < 4.78 is 6.33. The number of hydrogen-bond donors (Lipinski definition) is 0. The van der Waals surface area contributed by atoms with Crippen LogP contribution in [0.2, 0.25) is 0 Å². The van der Waals surface area contributed by atoms with Crippen LogP contribution >= 0.6 is 0 Å². The third-order valence-electron chi connectivity index (χ3n) is 6.32. The quantitative estimate of drug-likeness (QED) is 0.394. The van der Waals surface area contributed by atoms with Crippen LogP contribution in [0.25, 0.3) is 10.8 Å². The van der Waals surface area contributed by atoms with Gasteiger partial charge in [0, 0.05) is 44.1 Å². The van der Waals surface area contributed by atoms with Gasteiger partial charge in [0.05, 0.1) is 11.3 Å². The first-order valence-electron chi connectivity index (χ1n) is 11.1. The summed E-state index contributed by atoms with van der Waals surface area (Å²) in [6.07, 6.45) is 3.24. The normalized spacial score (nSPS) is 16.0. The van der Waals surface area contributed by atoms with Crippen LogP contribution in [0.1, 0.15) is 34.5 Å². The molecule has 0 bridgehead atoms. The zero-order valence-electron chi connectivity index (χ0n) is 18.0. The van der Waals surface area contributed by atoms with E-state index in [2.05, 4.69) is 41.3 Å². The highest BCUT2D eigenvalue weighted by Gasteiger charge is 2.42. The van der Waals surface area contributed by atoms with Gasteiger partial charge < -0.3 is 4.74 Å². The molecule has 1 aliphatic rings. The molecule has 2 heterocycles. The fourth-order valence-corrected chi connectivity index (χ4v) is 4.59. The van der Waals surface area contributed by atoms with Crippen LogP contribution in [0.5, 0.6) is 0 Å². The summed E-state index contributed by atoms with van der Waals surface area (Å²) in [6, 6.07) is 29.9. The van der Waals surface area contributed by atoms with Crippen LogP contribution in [0.4, 0.5) is 0 Å². The first kappa shape index (κ1) is 20.4. The fraction of sp³-hybridized carbons (Fsp3) is 0.214. The Balaban J connectivity index is 1.47. The first-order chi connectivity index (χ1) is 15.7. The van der Waals surface area contributed by atoms with E-state index in [9.17, 15) is 4.79 Å². The van der Waals surface area contributed by atoms with Gasteiger partial charge in [-0.3, -0.25) is 9.88 Å². The van der Waals surface area contributed by atoms with Gasteiger partial charge >= 0.3 is 5.97 Å². The standard InChI is InChI=1S/C28H26N2O2/c31-27(24-12-5-2-6-13-24)32-28(26-25-14-8-7-11-23(25)15-18-29-26)16-19-30(20-17-28)21-22-9-3-1-4-10-22/h1-15,18H,16-17,19-21H2. The monoisotopic (exact) mass is 422 g/mol. The van der Waals surface area contributed by atoms with Crippen molar-refractivity contribution in [3.63, 3.8) is 0 Å². The molecule has 0 radical (unpaired) electrons. The Labute approximate surface area is 188 Å². The molecule has 160 valence electrons. The second-order valence-electron chi connectivity index (χ2n) is 8.39. The summed E-state index contributed by atoms with van der Waals surface area (Å²) in [4.78, 5) is 20.3. The first-order valence-corrected chi connectivity index (χ1v) is 11.1. The number of fused-ring (bicyclic) bond motifs is 1. The maximum absolute atomic E-state index is 13.1. The molecule has 4 aromatic rings. The number of hydrogen-bond acceptors (Lipinski definition) is 4. The minimum atomic E-state index is -0.749. The van der Waals surface area contributed by atoms with Gasteiger partial charge in [-0.15, -0.1) is 0 Å². The van der Waals surface area contributed by atoms with Crippen molar-refractivity contribution >= 4 is 16.7 Å². The van der Waals surface area contributed by atoms with Crippen molar-refractivity contribution in [3.05, 3.63) is 114 Å². The Morgan fingerprint density at radius 3 is 2.25 bits per heavy atom. The second kappa shape index (κ2) is 8.93. The number of piperidine rings is 1. The molecule has 0 amide bonds. The van der Waals surface area contributed by atoms with Crippen molar-refractivity contribution < 1.29 is 9.53 Å². The van der Waals surface area contributed by atoms with Crippen molar-refractivity contribution in [3.8, 4) is 0 Å². The maximum Gasteiger partial charge on any atom is 0.339 e. The SMILES string of the molecule is O=C(OC1(c2nccc3ccccc23)CCN(Cc2ccccc2)CC1)c1ccccc1. The summed E-state index contributed by atoms with van der Waals surface area (Å²) in [5.41, 5.74) is 1.98. The number of nitrogens with zero attached hydrogens (tertiary/aromatic N) is 2. The Kier molecular flexibility index (Phi) is 5.70. The predicted molar refractivity (Wildman–Crippen MR) is 126 cm³/mol. The van der Waals surface area contributed by atoms with E-state index in [-0.39, 0.29) is 5.97 Å². The lowest BCUT2D eigenvalue weighted by Gasteiger charge is -2.41. The number of likely N-dealkylation sites (tertiary alicyclic amines) is 1. The molecule has 0 atom stereocenters. The smallest absolute Gasteiger partial charge is 0.339 e. The van der Waals surface area contributed by atoms with Gasteiger partial charge in [0.25, 0.3) is 0 Å². The lowest BCUT2D eigenvalue weighted by atomic mass is 9.84. The Bertz CT molecular complexity index is 1190. The minimum absolute atomic E-state index is 0.295. The largest absolute Gasteiger partial charge is 0.449 e. The van der Waals surface area contributed by atoms with Gasteiger partial charge in [-0.2, -0.15) is 0 Å². The topological polar surface area (TPSA) is 42.4 Å². The molecule has 32 heavy (non-hydrogen) atoms. The molecule has 1 fully saturated rings. The minimum Gasteiger partial charge on any atom is -0.449 e. The molecule has 1 aliphatic heterocycles. The number of carbonyl (C=O) groups excluding carboxylic acids is 1. The second-order valence-corrected chi connectivity index (χ2v) is 8.39. The van der Waals surface area contributed by atoms with Crippen molar-refractivity contribution in [2.75, 3.05) is 13.1 Å². The molecule has 0 saturated carbocycles. The number of carbonyl (C=O) groups is 1. The number of aromatic nitrogens is 1. The summed E-state index contributed by atoms with van der Waals surface area (Å²) in [5, 5.41) is 2.16. The number of pyridine rings is 1. The highest BCUT2D eigenvalue weighted by atomic mass is 16.6. The molecular weight excluding hydrogens is 396 g/mol. The Morgan fingerprint density at radius 2 is 1.50 bits per heavy atom. The van der Waals surface area contributed by atoms with E-state index in [1.165, 1.54) is 5.56 Å². The molecule has 1 aromatic heterocycles. The fourth-order valence-electron chi connectivity index (χ4n) is 4.59. The van der Waals surface area contributed by atoms with E-state index in [4.69, 9.17) is 9.72 Å². The van der Waals surface area contributed by atoms with Gasteiger partial charge in [-0.25, -0.2) is 4.79 Å². The predicted octanol–water partition coefficient (Wildman–Crippen LogP) is 5.58. The van der Waals surface area contributed by atoms with E-state index < -0.39 is 5.60 Å². The highest BCUT2D eigenvalue weighted by Crippen LogP contribution is 2.40. The third-order valence-corrected chi connectivity index (χ3v) is 6.32. The van der Waals surface area contributed by atoms with Crippen molar-refractivity contribution in [2.45, 2.75) is 25.0 Å². The third kappa shape index (κ3) is 4.14. The summed E-state index contributed by atoms with van der Waals surface area (Å²) in [5.74, 6) is -0.295. The molecule has 0 N–H and O–H groups in total. The summed E-state index contributed by atoms with van der Waals surface area (Å²) in [6.45, 7) is 2.57. The maximum atomic E-state index is 13.1. The molecule has 0 spiro atoms. The van der Waals surface area contributed by atoms with Crippen LogP contribution in [-0.2, 0) is 16.9 Å². The average molecular weight is 423 g/mol. The molecule has 4 nitrogen and oxygen atoms in total. The molecule has 0 unspecified atom stereocenters. The van der Waals surface area contributed by atoms with Crippen LogP contribution in [0.15, 0.2) is 97.2 Å². The molecule has 1 saturated heterocycles. The molecule has 3 aromatic carbocycles. The van der Waals surface area contributed by atoms with Gasteiger partial charge in [0.1, 0.15) is 0 Å². The molecular formula is C28H26N2O2. The van der Waals surface area contributed by atoms with Crippen LogP contribution in [-0.4, -0.2) is 28.9 Å². The zero-order valence-corrected chi connectivity index (χ0v) is 18.0. The van der Waals surface area contributed by atoms with Crippen LogP contribution < -0.4 is 0 Å². The van der Waals surface area contributed by atoms with Crippen molar-refractivity contribution in [1.29, 1.82) is 0 Å². The van der Waals surface area contributed by atoms with E-state index in [0.717, 1.165) is 36.1 Å². The number of ether oxygens (including phenoxy) is 1. The average Bonchev–Trinajstić information content (AvgIpc) is 2.86. The van der Waals surface area contributed by atoms with Crippen LogP contribution in [0.3, 0.4) is 0 Å². The van der Waals surface area contributed by atoms with Gasteiger partial charge in [0.2, 0.25) is 0 Å². The summed E-state index contributed by atoms with van der Waals surface area (Å²) in [7, 11) is 0. The molecule has 4 heteroatoms. The highest BCUT2D eigenvalue weighted by molar-refractivity contribution is 5.90. The molecule has 0 aliphatic carbocycles. The number of rotatable bonds is 5. The van der Waals surface area contributed by atoms with E-state index in [1.54, 1.807) is 12.1 Å². The lowest BCUT2D eigenvalue weighted by Crippen LogP contribution is -2.45. The van der Waals surface area contributed by atoms with Gasteiger partial charge in [0.15, 0.2) is 5.60 Å². The lowest BCUT2D eigenvalue weighted by molar-refractivity contribution is -0.0581. The van der Waals surface area contributed by atoms with Gasteiger partial charge in [-0.05, 0) is 29.1 Å². The Morgan fingerprint density at radius 1 is 0.844 bits per heavy atom. The van der Waals surface area contributed by atoms with Crippen molar-refractivity contribution in [1.82, 2.24) is 9.88 Å². The molecule has 5 rings (SSSR count). The number of benzene rings is 3.